The third kappa shape index (κ3) is 4.06. The van der Waals surface area contributed by atoms with Gasteiger partial charge in [-0.1, -0.05) is 20.8 Å². The van der Waals surface area contributed by atoms with Crippen molar-refractivity contribution < 1.29 is 0 Å². The Morgan fingerprint density at radius 3 is 2.45 bits per heavy atom. The molecule has 2 unspecified atom stereocenters. The lowest BCUT2D eigenvalue weighted by molar-refractivity contribution is 0.183. The van der Waals surface area contributed by atoms with Crippen molar-refractivity contribution in [1.29, 1.82) is 0 Å². The van der Waals surface area contributed by atoms with Crippen molar-refractivity contribution in [2.24, 2.45) is 5.92 Å². The number of nitrogens with zero attached hydrogens (tertiary/aromatic N) is 1. The molecule has 0 saturated carbocycles. The third-order valence-corrected chi connectivity index (χ3v) is 5.88. The smallest absolute Gasteiger partial charge is 0.0386 e. The van der Waals surface area contributed by atoms with Gasteiger partial charge in [0, 0.05) is 28.4 Å². The highest BCUT2D eigenvalue weighted by Gasteiger charge is 2.24. The normalized spacial score (nSPS) is 19.6. The molecule has 0 radical (unpaired) electrons. The van der Waals surface area contributed by atoms with Crippen LogP contribution in [0.5, 0.6) is 0 Å². The minimum Gasteiger partial charge on any atom is -0.308 e. The van der Waals surface area contributed by atoms with Gasteiger partial charge in [0.2, 0.25) is 0 Å². The van der Waals surface area contributed by atoms with Gasteiger partial charge in [0.25, 0.3) is 0 Å². The van der Waals surface area contributed by atoms with Crippen LogP contribution in [0.15, 0.2) is 12.1 Å². The van der Waals surface area contributed by atoms with E-state index in [0.29, 0.717) is 12.1 Å². The first-order valence-electron chi connectivity index (χ1n) is 8.17. The Hall–Kier alpha value is -0.380. The molecule has 0 amide bonds. The van der Waals surface area contributed by atoms with Crippen LogP contribution in [0.3, 0.4) is 0 Å². The first-order valence-corrected chi connectivity index (χ1v) is 8.99. The number of rotatable bonds is 7. The first kappa shape index (κ1) is 16.0. The van der Waals surface area contributed by atoms with E-state index in [0.717, 1.165) is 18.9 Å². The number of aryl methyl sites for hydroxylation is 1. The maximum atomic E-state index is 3.76. The molecule has 2 nitrogen and oxygen atoms in total. The molecule has 1 N–H and O–H groups in total. The van der Waals surface area contributed by atoms with Crippen LogP contribution in [0.25, 0.3) is 0 Å². The van der Waals surface area contributed by atoms with E-state index in [1.165, 1.54) is 35.7 Å². The summed E-state index contributed by atoms with van der Waals surface area (Å²) in [4.78, 5) is 5.65. The highest BCUT2D eigenvalue weighted by molar-refractivity contribution is 7.12. The minimum atomic E-state index is 0.476. The van der Waals surface area contributed by atoms with Crippen LogP contribution in [-0.4, -0.2) is 30.6 Å². The Morgan fingerprint density at radius 2 is 1.90 bits per heavy atom. The number of likely N-dealkylation sites (tertiary alicyclic amines) is 1. The van der Waals surface area contributed by atoms with E-state index in [2.05, 4.69) is 50.0 Å². The van der Waals surface area contributed by atoms with Crippen LogP contribution in [-0.2, 0) is 6.42 Å². The van der Waals surface area contributed by atoms with Gasteiger partial charge in [-0.25, -0.2) is 0 Å². The summed E-state index contributed by atoms with van der Waals surface area (Å²) < 4.78 is 0. The second-order valence-corrected chi connectivity index (χ2v) is 7.54. The lowest BCUT2D eigenvalue weighted by Crippen LogP contribution is -2.44. The molecule has 1 aromatic heterocycles. The quantitative estimate of drug-likeness (QED) is 0.815. The molecule has 2 heterocycles. The Bertz CT molecular complexity index is 393. The summed E-state index contributed by atoms with van der Waals surface area (Å²) in [6.45, 7) is 12.9. The SMILES string of the molecule is CCc1ccc(C(C)NCC(C(C)C)N2CCCC2)s1. The van der Waals surface area contributed by atoms with E-state index < -0.39 is 0 Å². The molecule has 1 aliphatic heterocycles. The Morgan fingerprint density at radius 1 is 1.20 bits per heavy atom. The van der Waals surface area contributed by atoms with E-state index >= 15 is 0 Å². The van der Waals surface area contributed by atoms with Crippen LogP contribution in [0.4, 0.5) is 0 Å². The molecule has 114 valence electrons. The van der Waals surface area contributed by atoms with Crippen molar-refractivity contribution in [1.82, 2.24) is 10.2 Å². The number of nitrogens with one attached hydrogen (secondary N) is 1. The molecule has 2 rings (SSSR count). The van der Waals surface area contributed by atoms with Gasteiger partial charge < -0.3 is 5.32 Å². The van der Waals surface area contributed by atoms with Gasteiger partial charge in [0.05, 0.1) is 0 Å². The largest absolute Gasteiger partial charge is 0.308 e. The molecular weight excluding hydrogens is 264 g/mol. The fourth-order valence-electron chi connectivity index (χ4n) is 3.08. The zero-order valence-electron chi connectivity index (χ0n) is 13.5. The van der Waals surface area contributed by atoms with E-state index in [1.54, 1.807) is 0 Å². The van der Waals surface area contributed by atoms with Crippen LogP contribution in [0.2, 0.25) is 0 Å². The Balaban J connectivity index is 1.88. The molecule has 0 bridgehead atoms. The molecule has 0 spiro atoms. The summed E-state index contributed by atoms with van der Waals surface area (Å²) in [7, 11) is 0. The molecule has 2 atom stereocenters. The maximum absolute atomic E-state index is 3.76. The summed E-state index contributed by atoms with van der Waals surface area (Å²) >= 11 is 1.96. The second-order valence-electron chi connectivity index (χ2n) is 6.34. The number of hydrogen-bond acceptors (Lipinski definition) is 3. The van der Waals surface area contributed by atoms with Gasteiger partial charge in [-0.15, -0.1) is 11.3 Å². The molecule has 1 aromatic rings. The molecular formula is C17H30N2S. The van der Waals surface area contributed by atoms with E-state index in [-0.39, 0.29) is 0 Å². The van der Waals surface area contributed by atoms with Crippen LogP contribution in [0, 0.1) is 5.92 Å². The highest BCUT2D eigenvalue weighted by atomic mass is 32.1. The summed E-state index contributed by atoms with van der Waals surface area (Å²) in [6.07, 6.45) is 3.91. The molecule has 3 heteroatoms. The highest BCUT2D eigenvalue weighted by Crippen LogP contribution is 2.24. The molecule has 0 aliphatic carbocycles. The van der Waals surface area contributed by atoms with Gasteiger partial charge in [-0.2, -0.15) is 0 Å². The molecule has 1 saturated heterocycles. The van der Waals surface area contributed by atoms with Crippen molar-refractivity contribution in [3.05, 3.63) is 21.9 Å². The molecule has 0 aromatic carbocycles. The zero-order chi connectivity index (χ0) is 14.5. The van der Waals surface area contributed by atoms with Crippen LogP contribution < -0.4 is 5.32 Å². The van der Waals surface area contributed by atoms with Gasteiger partial charge in [-0.05, 0) is 57.3 Å². The van der Waals surface area contributed by atoms with Crippen LogP contribution >= 0.6 is 11.3 Å². The lowest BCUT2D eigenvalue weighted by Gasteiger charge is -2.32. The predicted octanol–water partition coefficient (Wildman–Crippen LogP) is 4.08. The van der Waals surface area contributed by atoms with Crippen molar-refractivity contribution in [3.8, 4) is 0 Å². The molecule has 1 aliphatic rings. The first-order chi connectivity index (χ1) is 9.61. The van der Waals surface area contributed by atoms with Gasteiger partial charge in [0.1, 0.15) is 0 Å². The van der Waals surface area contributed by atoms with Gasteiger partial charge >= 0.3 is 0 Å². The van der Waals surface area contributed by atoms with Gasteiger partial charge in [-0.3, -0.25) is 4.90 Å². The maximum Gasteiger partial charge on any atom is 0.0386 e. The summed E-state index contributed by atoms with van der Waals surface area (Å²) in [6, 6.07) is 5.73. The fourth-order valence-corrected chi connectivity index (χ4v) is 4.05. The van der Waals surface area contributed by atoms with Crippen LogP contribution in [0.1, 0.15) is 56.3 Å². The van der Waals surface area contributed by atoms with E-state index in [1.807, 2.05) is 11.3 Å². The van der Waals surface area contributed by atoms with Crippen molar-refractivity contribution in [3.63, 3.8) is 0 Å². The number of hydrogen-bond donors (Lipinski definition) is 1. The second kappa shape index (κ2) is 7.58. The van der Waals surface area contributed by atoms with Crippen molar-refractivity contribution in [2.45, 2.75) is 59.0 Å². The Labute approximate surface area is 128 Å². The Kier molecular flexibility index (Phi) is 6.06. The third-order valence-electron chi connectivity index (χ3n) is 4.47. The summed E-state index contributed by atoms with van der Waals surface area (Å²) in [5, 5.41) is 3.76. The zero-order valence-corrected chi connectivity index (χ0v) is 14.3. The van der Waals surface area contributed by atoms with Gasteiger partial charge in [0.15, 0.2) is 0 Å². The average molecular weight is 295 g/mol. The lowest BCUT2D eigenvalue weighted by atomic mass is 10.0. The minimum absolute atomic E-state index is 0.476. The number of thiophene rings is 1. The van der Waals surface area contributed by atoms with Crippen molar-refractivity contribution in [2.75, 3.05) is 19.6 Å². The summed E-state index contributed by atoms with van der Waals surface area (Å²) in [5.74, 6) is 0.724. The van der Waals surface area contributed by atoms with E-state index in [4.69, 9.17) is 0 Å². The fraction of sp³-hybridized carbons (Fsp3) is 0.765. The monoisotopic (exact) mass is 294 g/mol. The predicted molar refractivity (Wildman–Crippen MR) is 89.5 cm³/mol. The standard InChI is InChI=1S/C17H30N2S/c1-5-15-8-9-17(20-15)14(4)18-12-16(13(2)3)19-10-6-7-11-19/h8-9,13-14,16,18H,5-7,10-12H2,1-4H3. The average Bonchev–Trinajstić information content (AvgIpc) is 3.09. The summed E-state index contributed by atoms with van der Waals surface area (Å²) in [5.41, 5.74) is 0. The molecule has 1 fully saturated rings. The topological polar surface area (TPSA) is 15.3 Å². The molecule has 20 heavy (non-hydrogen) atoms. The van der Waals surface area contributed by atoms with E-state index in [9.17, 15) is 0 Å². The van der Waals surface area contributed by atoms with Crippen molar-refractivity contribution >= 4 is 11.3 Å².